The topological polar surface area (TPSA) is 103 Å². The Morgan fingerprint density at radius 3 is 2.47 bits per heavy atom. The Morgan fingerprint density at radius 2 is 1.74 bits per heavy atom. The van der Waals surface area contributed by atoms with Gasteiger partial charge in [0, 0.05) is 29.3 Å². The SMILES string of the molecule is CC(C)(C)NC1CCC(OC(=O)Nc2ccc(/C=C/CCn3c(=O)oc4cc(C=O)ccc43)cc2-c2ccccc2)CC1. The number of aromatic nitrogens is 1. The average Bonchev–Trinajstić information content (AvgIpc) is 3.30. The van der Waals surface area contributed by atoms with Crippen LogP contribution < -0.4 is 16.4 Å². The van der Waals surface area contributed by atoms with E-state index in [1.165, 1.54) is 0 Å². The molecule has 1 aromatic heterocycles. The third-order valence-corrected chi connectivity index (χ3v) is 7.61. The maximum atomic E-state index is 12.9. The molecule has 224 valence electrons. The minimum absolute atomic E-state index is 0.0717. The first kappa shape index (κ1) is 30.0. The lowest BCUT2D eigenvalue weighted by Crippen LogP contribution is -2.46. The van der Waals surface area contributed by atoms with E-state index in [0.29, 0.717) is 41.4 Å². The summed E-state index contributed by atoms with van der Waals surface area (Å²) < 4.78 is 12.7. The number of oxazole rings is 1. The fraction of sp³-hybridized carbons (Fsp3) is 0.343. The Labute approximate surface area is 251 Å². The number of nitrogens with one attached hydrogen (secondary N) is 2. The molecule has 0 unspecified atom stereocenters. The molecule has 4 aromatic rings. The first-order valence-electron chi connectivity index (χ1n) is 14.9. The summed E-state index contributed by atoms with van der Waals surface area (Å²) in [6.45, 7) is 6.96. The second-order valence-corrected chi connectivity index (χ2v) is 12.1. The van der Waals surface area contributed by atoms with Crippen LogP contribution in [0.25, 0.3) is 28.3 Å². The highest BCUT2D eigenvalue weighted by atomic mass is 16.6. The molecule has 1 heterocycles. The maximum Gasteiger partial charge on any atom is 0.419 e. The lowest BCUT2D eigenvalue weighted by atomic mass is 9.91. The predicted molar refractivity (Wildman–Crippen MR) is 170 cm³/mol. The summed E-state index contributed by atoms with van der Waals surface area (Å²) in [6, 6.07) is 21.2. The van der Waals surface area contributed by atoms with E-state index in [-0.39, 0.29) is 11.6 Å². The van der Waals surface area contributed by atoms with Gasteiger partial charge in [-0.15, -0.1) is 0 Å². The minimum atomic E-state index is -0.449. The maximum absolute atomic E-state index is 12.9. The van der Waals surface area contributed by atoms with Crippen LogP contribution in [0.4, 0.5) is 10.5 Å². The van der Waals surface area contributed by atoms with Crippen LogP contribution in [0.15, 0.2) is 82.0 Å². The van der Waals surface area contributed by atoms with Crippen LogP contribution in [0.3, 0.4) is 0 Å². The van der Waals surface area contributed by atoms with Gasteiger partial charge in [0.1, 0.15) is 12.4 Å². The van der Waals surface area contributed by atoms with Crippen LogP contribution in [0, 0.1) is 0 Å². The molecule has 0 spiro atoms. The lowest BCUT2D eigenvalue weighted by Gasteiger charge is -2.34. The van der Waals surface area contributed by atoms with Gasteiger partial charge in [0.15, 0.2) is 5.58 Å². The zero-order chi connectivity index (χ0) is 30.4. The number of hydrogen-bond donors (Lipinski definition) is 2. The monoisotopic (exact) mass is 581 g/mol. The Bertz CT molecular complexity index is 1650. The minimum Gasteiger partial charge on any atom is -0.446 e. The molecule has 0 bridgehead atoms. The third kappa shape index (κ3) is 7.90. The summed E-state index contributed by atoms with van der Waals surface area (Å²) in [6.07, 6.45) is 8.45. The molecule has 5 rings (SSSR count). The predicted octanol–water partition coefficient (Wildman–Crippen LogP) is 7.43. The van der Waals surface area contributed by atoms with Crippen molar-refractivity contribution in [3.8, 4) is 11.1 Å². The summed E-state index contributed by atoms with van der Waals surface area (Å²) in [4.78, 5) is 36.3. The van der Waals surface area contributed by atoms with Crippen molar-refractivity contribution in [3.05, 3.63) is 94.5 Å². The van der Waals surface area contributed by atoms with E-state index in [4.69, 9.17) is 9.15 Å². The van der Waals surface area contributed by atoms with Crippen molar-refractivity contribution in [2.24, 2.45) is 0 Å². The number of carbonyl (C=O) groups excluding carboxylic acids is 2. The highest BCUT2D eigenvalue weighted by Crippen LogP contribution is 2.31. The number of amides is 1. The zero-order valence-electron chi connectivity index (χ0n) is 25.0. The van der Waals surface area contributed by atoms with Crippen LogP contribution in [0.5, 0.6) is 0 Å². The number of fused-ring (bicyclic) bond motifs is 1. The van der Waals surface area contributed by atoms with Gasteiger partial charge in [-0.3, -0.25) is 14.7 Å². The number of carbonyl (C=O) groups is 2. The summed E-state index contributed by atoms with van der Waals surface area (Å²) >= 11 is 0. The molecule has 0 saturated heterocycles. The molecule has 0 aliphatic heterocycles. The molecule has 8 heteroatoms. The number of nitrogens with zero attached hydrogens (tertiary/aromatic N) is 1. The molecule has 2 N–H and O–H groups in total. The van der Waals surface area contributed by atoms with E-state index in [1.54, 1.807) is 22.8 Å². The highest BCUT2D eigenvalue weighted by molar-refractivity contribution is 5.92. The van der Waals surface area contributed by atoms with Gasteiger partial charge in [-0.1, -0.05) is 48.6 Å². The molecule has 43 heavy (non-hydrogen) atoms. The lowest BCUT2D eigenvalue weighted by molar-refractivity contribution is 0.0762. The normalized spacial score (nSPS) is 17.3. The second kappa shape index (κ2) is 13.3. The van der Waals surface area contributed by atoms with Crippen LogP contribution in [0.2, 0.25) is 0 Å². The van der Waals surface area contributed by atoms with E-state index in [2.05, 4.69) is 31.4 Å². The standard InChI is InChI=1S/C35H39N3O5/c1-35(2,3)37-27-14-16-28(17-15-27)42-33(40)36-30-18-12-24(21-29(30)26-10-5-4-6-11-26)9-7-8-20-38-31-19-13-25(23-39)22-32(31)43-34(38)41/h4-7,9-13,18-19,21-23,27-28,37H,8,14-17,20H2,1-3H3,(H,36,40)/b9-7+. The van der Waals surface area contributed by atoms with Gasteiger partial charge in [-0.25, -0.2) is 9.59 Å². The number of hydrogen-bond acceptors (Lipinski definition) is 6. The van der Waals surface area contributed by atoms with Crippen molar-refractivity contribution in [3.63, 3.8) is 0 Å². The van der Waals surface area contributed by atoms with Crippen LogP contribution in [-0.4, -0.2) is 34.6 Å². The van der Waals surface area contributed by atoms with Crippen molar-refractivity contribution in [1.82, 2.24) is 9.88 Å². The molecule has 1 aliphatic carbocycles. The Hall–Kier alpha value is -4.43. The Balaban J connectivity index is 1.24. The molecular weight excluding hydrogens is 542 g/mol. The number of allylic oxidation sites excluding steroid dienone is 1. The average molecular weight is 582 g/mol. The van der Waals surface area contributed by atoms with Gasteiger partial charge in [-0.2, -0.15) is 0 Å². The highest BCUT2D eigenvalue weighted by Gasteiger charge is 2.26. The van der Waals surface area contributed by atoms with E-state index >= 15 is 0 Å². The summed E-state index contributed by atoms with van der Waals surface area (Å²) in [5.74, 6) is -0.449. The van der Waals surface area contributed by atoms with Crippen LogP contribution in [0.1, 0.15) is 68.8 Å². The number of anilines is 1. The fourth-order valence-corrected chi connectivity index (χ4v) is 5.65. The molecular formula is C35H39N3O5. The summed E-state index contributed by atoms with van der Waals surface area (Å²) in [5.41, 5.74) is 5.11. The van der Waals surface area contributed by atoms with Crippen molar-refractivity contribution < 1.29 is 18.7 Å². The molecule has 1 aliphatic rings. The van der Waals surface area contributed by atoms with E-state index in [9.17, 15) is 14.4 Å². The quantitative estimate of drug-likeness (QED) is 0.199. The molecule has 3 aromatic carbocycles. The van der Waals surface area contributed by atoms with Crippen LogP contribution >= 0.6 is 0 Å². The van der Waals surface area contributed by atoms with Gasteiger partial charge in [0.2, 0.25) is 0 Å². The number of ether oxygens (including phenoxy) is 1. The van der Waals surface area contributed by atoms with Gasteiger partial charge in [0.05, 0.1) is 11.2 Å². The van der Waals surface area contributed by atoms with E-state index in [1.807, 2.05) is 60.7 Å². The molecule has 0 radical (unpaired) electrons. The Morgan fingerprint density at radius 1 is 1.00 bits per heavy atom. The van der Waals surface area contributed by atoms with Crippen molar-refractivity contribution in [1.29, 1.82) is 0 Å². The van der Waals surface area contributed by atoms with Crippen molar-refractivity contribution >= 4 is 35.2 Å². The van der Waals surface area contributed by atoms with Crippen LogP contribution in [-0.2, 0) is 11.3 Å². The Kier molecular flexibility index (Phi) is 9.26. The van der Waals surface area contributed by atoms with E-state index < -0.39 is 11.8 Å². The zero-order valence-corrected chi connectivity index (χ0v) is 25.0. The molecule has 1 fully saturated rings. The largest absolute Gasteiger partial charge is 0.446 e. The van der Waals surface area contributed by atoms with Gasteiger partial charge in [-0.05, 0) is 94.3 Å². The number of rotatable bonds is 9. The number of benzene rings is 3. The fourth-order valence-electron chi connectivity index (χ4n) is 5.65. The number of aryl methyl sites for hydroxylation is 1. The molecule has 0 atom stereocenters. The number of aldehydes is 1. The molecule has 8 nitrogen and oxygen atoms in total. The van der Waals surface area contributed by atoms with Gasteiger partial charge >= 0.3 is 11.8 Å². The smallest absolute Gasteiger partial charge is 0.419 e. The summed E-state index contributed by atoms with van der Waals surface area (Å²) in [7, 11) is 0. The first-order chi connectivity index (χ1) is 20.7. The van der Waals surface area contributed by atoms with Gasteiger partial charge in [0.25, 0.3) is 0 Å². The van der Waals surface area contributed by atoms with Crippen molar-refractivity contribution in [2.75, 3.05) is 5.32 Å². The third-order valence-electron chi connectivity index (χ3n) is 7.61. The summed E-state index contributed by atoms with van der Waals surface area (Å²) in [5, 5.41) is 6.63. The first-order valence-corrected chi connectivity index (χ1v) is 14.9. The molecule has 1 amide bonds. The molecule has 1 saturated carbocycles. The van der Waals surface area contributed by atoms with Crippen molar-refractivity contribution in [2.45, 2.75) is 77.1 Å². The second-order valence-electron chi connectivity index (χ2n) is 12.1. The van der Waals surface area contributed by atoms with E-state index in [0.717, 1.165) is 48.7 Å². The van der Waals surface area contributed by atoms with Gasteiger partial charge < -0.3 is 14.5 Å².